The van der Waals surface area contributed by atoms with Gasteiger partial charge >= 0.3 is 0 Å². The topological polar surface area (TPSA) is 88.4 Å². The Hall–Kier alpha value is -2.93. The third kappa shape index (κ3) is 4.16. The molecule has 0 spiro atoms. The van der Waals surface area contributed by atoms with Crippen LogP contribution in [0.5, 0.6) is 5.75 Å². The number of primary amides is 1. The van der Waals surface area contributed by atoms with Gasteiger partial charge in [-0.2, -0.15) is 0 Å². The molecule has 3 N–H and O–H groups in total. The van der Waals surface area contributed by atoms with Crippen LogP contribution < -0.4 is 10.5 Å². The van der Waals surface area contributed by atoms with Gasteiger partial charge in [-0.25, -0.2) is 0 Å². The van der Waals surface area contributed by atoms with Gasteiger partial charge in [-0.3, -0.25) is 9.59 Å². The zero-order valence-corrected chi connectivity index (χ0v) is 17.7. The van der Waals surface area contributed by atoms with Gasteiger partial charge in [0.25, 0.3) is 5.91 Å². The lowest BCUT2D eigenvalue weighted by Crippen LogP contribution is -2.38. The van der Waals surface area contributed by atoms with Crippen LogP contribution in [0.1, 0.15) is 34.7 Å². The summed E-state index contributed by atoms with van der Waals surface area (Å²) >= 11 is 1.31. The summed E-state index contributed by atoms with van der Waals surface area (Å²) in [4.78, 5) is 30.3. The fourth-order valence-electron chi connectivity index (χ4n) is 4.07. The number of methoxy groups -OCH3 is 1. The first-order chi connectivity index (χ1) is 14.6. The Morgan fingerprint density at radius 1 is 1.20 bits per heavy atom. The number of aromatic amines is 1. The summed E-state index contributed by atoms with van der Waals surface area (Å²) in [5.74, 6) is 1.03. The number of H-pyrrole nitrogens is 1. The van der Waals surface area contributed by atoms with Crippen molar-refractivity contribution in [2.75, 3.05) is 26.0 Å². The molecule has 1 aliphatic heterocycles. The number of ether oxygens (including phenoxy) is 1. The van der Waals surface area contributed by atoms with E-state index in [1.807, 2.05) is 41.3 Å². The van der Waals surface area contributed by atoms with Crippen molar-refractivity contribution in [3.05, 3.63) is 59.8 Å². The maximum atomic E-state index is 13.1. The van der Waals surface area contributed by atoms with E-state index < -0.39 is 5.91 Å². The van der Waals surface area contributed by atoms with Crippen LogP contribution in [0.2, 0.25) is 0 Å². The molecule has 1 saturated heterocycles. The summed E-state index contributed by atoms with van der Waals surface area (Å²) in [5, 5.41) is 1.19. The Labute approximate surface area is 179 Å². The number of nitrogens with one attached hydrogen (secondary N) is 1. The maximum absolute atomic E-state index is 13.1. The molecule has 4 rings (SSSR count). The molecule has 2 heterocycles. The minimum atomic E-state index is -0.390. The predicted molar refractivity (Wildman–Crippen MR) is 119 cm³/mol. The van der Waals surface area contributed by atoms with Crippen molar-refractivity contribution in [2.24, 2.45) is 5.73 Å². The van der Waals surface area contributed by atoms with Gasteiger partial charge in [-0.1, -0.05) is 12.1 Å². The Morgan fingerprint density at radius 2 is 1.97 bits per heavy atom. The molecule has 1 aliphatic rings. The molecular formula is C23H25N3O3S. The predicted octanol–water partition coefficient (Wildman–Crippen LogP) is 3.77. The third-order valence-corrected chi connectivity index (χ3v) is 6.73. The van der Waals surface area contributed by atoms with Crippen molar-refractivity contribution >= 4 is 34.5 Å². The second-order valence-electron chi connectivity index (χ2n) is 7.47. The summed E-state index contributed by atoms with van der Waals surface area (Å²) in [6, 6.07) is 13.5. The molecule has 0 unspecified atom stereocenters. The smallest absolute Gasteiger partial charge is 0.254 e. The van der Waals surface area contributed by atoms with Gasteiger partial charge in [0, 0.05) is 35.1 Å². The summed E-state index contributed by atoms with van der Waals surface area (Å²) in [6.45, 7) is 1.41. The molecule has 0 radical (unpaired) electrons. The van der Waals surface area contributed by atoms with Crippen LogP contribution in [0, 0.1) is 0 Å². The third-order valence-electron chi connectivity index (χ3n) is 5.63. The number of benzene rings is 2. The van der Waals surface area contributed by atoms with Crippen LogP contribution in [0.3, 0.4) is 0 Å². The lowest BCUT2D eigenvalue weighted by molar-refractivity contribution is -0.115. The van der Waals surface area contributed by atoms with Gasteiger partial charge < -0.3 is 20.4 Å². The van der Waals surface area contributed by atoms with Crippen molar-refractivity contribution in [3.63, 3.8) is 0 Å². The van der Waals surface area contributed by atoms with Crippen molar-refractivity contribution < 1.29 is 14.3 Å². The minimum Gasteiger partial charge on any atom is -0.497 e. The molecule has 2 aromatic carbocycles. The molecule has 3 aromatic rings. The minimum absolute atomic E-state index is 0.0154. The number of nitrogens with zero attached hydrogens (tertiary/aromatic N) is 1. The van der Waals surface area contributed by atoms with E-state index in [4.69, 9.17) is 10.5 Å². The highest BCUT2D eigenvalue weighted by molar-refractivity contribution is 8.00. The number of hydrogen-bond donors (Lipinski definition) is 2. The molecule has 7 heteroatoms. The van der Waals surface area contributed by atoms with E-state index in [9.17, 15) is 9.59 Å². The summed E-state index contributed by atoms with van der Waals surface area (Å²) < 4.78 is 5.38. The number of piperidine rings is 1. The highest BCUT2D eigenvalue weighted by Crippen LogP contribution is 2.35. The maximum Gasteiger partial charge on any atom is 0.254 e. The van der Waals surface area contributed by atoms with Crippen molar-refractivity contribution in [1.29, 1.82) is 0 Å². The first-order valence-electron chi connectivity index (χ1n) is 10.0. The van der Waals surface area contributed by atoms with Crippen LogP contribution in [0.4, 0.5) is 0 Å². The van der Waals surface area contributed by atoms with Gasteiger partial charge in [-0.05, 0) is 54.7 Å². The molecule has 2 amide bonds. The van der Waals surface area contributed by atoms with Crippen molar-refractivity contribution in [2.45, 2.75) is 23.7 Å². The standard InChI is InChI=1S/C23H25N3O3S/c1-29-16-6-7-20-18(12-16)19(13-25-20)15-8-10-26(11-9-15)23(28)17-4-2-3-5-21(17)30-14-22(24)27/h2-7,12-13,15,25H,8-11,14H2,1H3,(H2,24,27). The first-order valence-corrected chi connectivity index (χ1v) is 11.0. The molecule has 0 bridgehead atoms. The summed E-state index contributed by atoms with van der Waals surface area (Å²) in [5.41, 5.74) is 8.29. The monoisotopic (exact) mass is 423 g/mol. The average molecular weight is 424 g/mol. The number of carbonyl (C=O) groups is 2. The van der Waals surface area contributed by atoms with Crippen LogP contribution in [-0.4, -0.2) is 47.7 Å². The van der Waals surface area contributed by atoms with Crippen molar-refractivity contribution in [1.82, 2.24) is 9.88 Å². The molecular weight excluding hydrogens is 398 g/mol. The van der Waals surface area contributed by atoms with Gasteiger partial charge in [0.1, 0.15) is 5.75 Å². The number of rotatable bonds is 6. The van der Waals surface area contributed by atoms with E-state index in [1.165, 1.54) is 22.7 Å². The molecule has 156 valence electrons. The van der Waals surface area contributed by atoms with Gasteiger partial charge in [0.05, 0.1) is 18.4 Å². The van der Waals surface area contributed by atoms with Crippen LogP contribution >= 0.6 is 11.8 Å². The number of aromatic nitrogens is 1. The van der Waals surface area contributed by atoms with Crippen LogP contribution in [0.25, 0.3) is 10.9 Å². The van der Waals surface area contributed by atoms with E-state index in [0.717, 1.165) is 29.0 Å². The number of amides is 2. The SMILES string of the molecule is COc1ccc2[nH]cc(C3CCN(C(=O)c4ccccc4SCC(N)=O)CC3)c2c1. The Kier molecular flexibility index (Phi) is 5.99. The number of carbonyl (C=O) groups excluding carboxylic acids is 2. The molecule has 1 aromatic heterocycles. The molecule has 6 nitrogen and oxygen atoms in total. The van der Waals surface area contributed by atoms with E-state index in [2.05, 4.69) is 17.2 Å². The van der Waals surface area contributed by atoms with Gasteiger partial charge in [-0.15, -0.1) is 11.8 Å². The quantitative estimate of drug-likeness (QED) is 0.591. The fraction of sp³-hybridized carbons (Fsp3) is 0.304. The lowest BCUT2D eigenvalue weighted by Gasteiger charge is -2.32. The summed E-state index contributed by atoms with van der Waals surface area (Å²) in [7, 11) is 1.68. The second kappa shape index (κ2) is 8.83. The zero-order valence-electron chi connectivity index (χ0n) is 16.9. The van der Waals surface area contributed by atoms with E-state index in [0.29, 0.717) is 24.6 Å². The van der Waals surface area contributed by atoms with E-state index in [1.54, 1.807) is 7.11 Å². The Morgan fingerprint density at radius 3 is 2.70 bits per heavy atom. The van der Waals surface area contributed by atoms with Gasteiger partial charge in [0.15, 0.2) is 0 Å². The van der Waals surface area contributed by atoms with Gasteiger partial charge in [0.2, 0.25) is 5.91 Å². The number of likely N-dealkylation sites (tertiary alicyclic amines) is 1. The van der Waals surface area contributed by atoms with Crippen LogP contribution in [-0.2, 0) is 4.79 Å². The summed E-state index contributed by atoms with van der Waals surface area (Å²) in [6.07, 6.45) is 3.90. The zero-order chi connectivity index (χ0) is 21.1. The van der Waals surface area contributed by atoms with E-state index in [-0.39, 0.29) is 11.7 Å². The van der Waals surface area contributed by atoms with E-state index >= 15 is 0 Å². The normalized spacial score (nSPS) is 14.8. The highest BCUT2D eigenvalue weighted by atomic mass is 32.2. The number of hydrogen-bond acceptors (Lipinski definition) is 4. The Bertz CT molecular complexity index is 1070. The highest BCUT2D eigenvalue weighted by Gasteiger charge is 2.27. The molecule has 0 aliphatic carbocycles. The fourth-order valence-corrected chi connectivity index (χ4v) is 4.85. The lowest BCUT2D eigenvalue weighted by atomic mass is 9.89. The Balaban J connectivity index is 1.46. The van der Waals surface area contributed by atoms with Crippen molar-refractivity contribution in [3.8, 4) is 5.75 Å². The number of fused-ring (bicyclic) bond motifs is 1. The number of thioether (sulfide) groups is 1. The molecule has 0 atom stereocenters. The average Bonchev–Trinajstić information content (AvgIpc) is 3.20. The van der Waals surface area contributed by atoms with Crippen LogP contribution in [0.15, 0.2) is 53.6 Å². The molecule has 1 fully saturated rings. The number of nitrogens with two attached hydrogens (primary N) is 1. The second-order valence-corrected chi connectivity index (χ2v) is 8.49. The molecule has 30 heavy (non-hydrogen) atoms. The molecule has 0 saturated carbocycles. The first kappa shape index (κ1) is 20.3. The largest absolute Gasteiger partial charge is 0.497 e.